The third-order valence-electron chi connectivity index (χ3n) is 4.78. The van der Waals surface area contributed by atoms with Crippen molar-refractivity contribution in [1.29, 1.82) is 0 Å². The smallest absolute Gasteiger partial charge is 0.255 e. The van der Waals surface area contributed by atoms with E-state index in [0.717, 1.165) is 19.6 Å². The first kappa shape index (κ1) is 18.9. The van der Waals surface area contributed by atoms with Crippen LogP contribution in [0, 0.1) is 6.92 Å². The molecule has 2 aromatic carbocycles. The van der Waals surface area contributed by atoms with Crippen LogP contribution in [0.5, 0.6) is 5.75 Å². The Morgan fingerprint density at radius 1 is 1.04 bits per heavy atom. The van der Waals surface area contributed by atoms with Gasteiger partial charge in [0, 0.05) is 38.3 Å². The molecule has 1 aliphatic heterocycles. The number of rotatable bonds is 6. The van der Waals surface area contributed by atoms with E-state index in [9.17, 15) is 9.59 Å². The molecule has 2 amide bonds. The minimum atomic E-state index is -0.545. The SMILES string of the molecule is Cc1ccccc1CN1CCN(C(=O)c2cccc(OCC(N)=O)c2)CC1. The molecule has 2 N–H and O–H groups in total. The van der Waals surface area contributed by atoms with E-state index >= 15 is 0 Å². The van der Waals surface area contributed by atoms with Crippen LogP contribution in [0.1, 0.15) is 21.5 Å². The summed E-state index contributed by atoms with van der Waals surface area (Å²) in [5.41, 5.74) is 8.27. The summed E-state index contributed by atoms with van der Waals surface area (Å²) < 4.78 is 5.29. The molecule has 3 rings (SSSR count). The zero-order chi connectivity index (χ0) is 19.2. The summed E-state index contributed by atoms with van der Waals surface area (Å²) in [7, 11) is 0. The van der Waals surface area contributed by atoms with Crippen LogP contribution in [0.2, 0.25) is 0 Å². The van der Waals surface area contributed by atoms with Gasteiger partial charge < -0.3 is 15.4 Å². The van der Waals surface area contributed by atoms with Crippen molar-refractivity contribution in [3.63, 3.8) is 0 Å². The molecule has 142 valence electrons. The van der Waals surface area contributed by atoms with Gasteiger partial charge in [-0.15, -0.1) is 0 Å². The number of hydrogen-bond donors (Lipinski definition) is 1. The van der Waals surface area contributed by atoms with E-state index < -0.39 is 5.91 Å². The molecular weight excluding hydrogens is 342 g/mol. The molecule has 0 saturated carbocycles. The topological polar surface area (TPSA) is 75.9 Å². The average Bonchev–Trinajstić information content (AvgIpc) is 2.68. The second kappa shape index (κ2) is 8.68. The Balaban J connectivity index is 1.56. The van der Waals surface area contributed by atoms with Crippen LogP contribution < -0.4 is 10.5 Å². The number of amides is 2. The third-order valence-corrected chi connectivity index (χ3v) is 4.78. The second-order valence-corrected chi connectivity index (χ2v) is 6.78. The highest BCUT2D eigenvalue weighted by Gasteiger charge is 2.22. The fourth-order valence-electron chi connectivity index (χ4n) is 3.19. The maximum absolute atomic E-state index is 12.8. The van der Waals surface area contributed by atoms with Crippen molar-refractivity contribution in [2.45, 2.75) is 13.5 Å². The molecular formula is C21H25N3O3. The lowest BCUT2D eigenvalue weighted by Crippen LogP contribution is -2.48. The number of benzene rings is 2. The lowest BCUT2D eigenvalue weighted by Gasteiger charge is -2.35. The van der Waals surface area contributed by atoms with Crippen molar-refractivity contribution in [2.24, 2.45) is 5.73 Å². The molecule has 0 bridgehead atoms. The number of carbonyl (C=O) groups is 2. The van der Waals surface area contributed by atoms with Crippen LogP contribution in [0.3, 0.4) is 0 Å². The minimum Gasteiger partial charge on any atom is -0.484 e. The molecule has 0 radical (unpaired) electrons. The number of carbonyl (C=O) groups excluding carboxylic acids is 2. The zero-order valence-electron chi connectivity index (χ0n) is 15.6. The van der Waals surface area contributed by atoms with Crippen molar-refractivity contribution in [3.05, 3.63) is 65.2 Å². The minimum absolute atomic E-state index is 0.0185. The molecule has 0 aromatic heterocycles. The summed E-state index contributed by atoms with van der Waals surface area (Å²) in [5.74, 6) is -0.0931. The molecule has 1 aliphatic rings. The van der Waals surface area contributed by atoms with E-state index in [2.05, 4.69) is 36.1 Å². The molecule has 0 unspecified atom stereocenters. The predicted molar refractivity (Wildman–Crippen MR) is 103 cm³/mol. The van der Waals surface area contributed by atoms with Gasteiger partial charge in [-0.2, -0.15) is 0 Å². The third kappa shape index (κ3) is 5.08. The van der Waals surface area contributed by atoms with Gasteiger partial charge in [0.25, 0.3) is 11.8 Å². The highest BCUT2D eigenvalue weighted by molar-refractivity contribution is 5.94. The predicted octanol–water partition coefficient (Wildman–Crippen LogP) is 1.82. The Kier molecular flexibility index (Phi) is 6.08. The molecule has 0 spiro atoms. The Hall–Kier alpha value is -2.86. The summed E-state index contributed by atoms with van der Waals surface area (Å²) in [4.78, 5) is 27.8. The van der Waals surface area contributed by atoms with E-state index in [1.165, 1.54) is 11.1 Å². The quantitative estimate of drug-likeness (QED) is 0.845. The average molecular weight is 367 g/mol. The Labute approximate surface area is 159 Å². The molecule has 1 heterocycles. The largest absolute Gasteiger partial charge is 0.484 e. The van der Waals surface area contributed by atoms with E-state index in [-0.39, 0.29) is 12.5 Å². The lowest BCUT2D eigenvalue weighted by molar-refractivity contribution is -0.119. The lowest BCUT2D eigenvalue weighted by atomic mass is 10.1. The van der Waals surface area contributed by atoms with Crippen LogP contribution in [-0.2, 0) is 11.3 Å². The Morgan fingerprint density at radius 2 is 1.78 bits per heavy atom. The summed E-state index contributed by atoms with van der Waals surface area (Å²) in [6.45, 7) is 5.91. The van der Waals surface area contributed by atoms with Gasteiger partial charge in [-0.1, -0.05) is 30.3 Å². The molecule has 27 heavy (non-hydrogen) atoms. The van der Waals surface area contributed by atoms with Gasteiger partial charge in [0.05, 0.1) is 0 Å². The first-order valence-electron chi connectivity index (χ1n) is 9.10. The number of nitrogens with two attached hydrogens (primary N) is 1. The molecule has 6 nitrogen and oxygen atoms in total. The van der Waals surface area contributed by atoms with Gasteiger partial charge in [-0.25, -0.2) is 0 Å². The number of aryl methyl sites for hydroxylation is 1. The molecule has 2 aromatic rings. The molecule has 0 aliphatic carbocycles. The summed E-state index contributed by atoms with van der Waals surface area (Å²) >= 11 is 0. The molecule has 1 saturated heterocycles. The number of piperazine rings is 1. The van der Waals surface area contributed by atoms with Crippen molar-refractivity contribution >= 4 is 11.8 Å². The summed E-state index contributed by atoms with van der Waals surface area (Å²) in [6.07, 6.45) is 0. The van der Waals surface area contributed by atoms with Crippen LogP contribution in [-0.4, -0.2) is 54.4 Å². The Bertz CT molecular complexity index is 814. The highest BCUT2D eigenvalue weighted by Crippen LogP contribution is 2.17. The van der Waals surface area contributed by atoms with E-state index in [0.29, 0.717) is 24.4 Å². The first-order valence-corrected chi connectivity index (χ1v) is 9.10. The van der Waals surface area contributed by atoms with Gasteiger partial charge in [-0.05, 0) is 36.2 Å². The molecule has 6 heteroatoms. The second-order valence-electron chi connectivity index (χ2n) is 6.78. The fourth-order valence-corrected chi connectivity index (χ4v) is 3.19. The van der Waals surface area contributed by atoms with Gasteiger partial charge >= 0.3 is 0 Å². The highest BCUT2D eigenvalue weighted by atomic mass is 16.5. The maximum Gasteiger partial charge on any atom is 0.255 e. The number of ether oxygens (including phenoxy) is 1. The fraction of sp³-hybridized carbons (Fsp3) is 0.333. The van der Waals surface area contributed by atoms with Crippen molar-refractivity contribution < 1.29 is 14.3 Å². The van der Waals surface area contributed by atoms with E-state index in [4.69, 9.17) is 10.5 Å². The van der Waals surface area contributed by atoms with Crippen molar-refractivity contribution in [1.82, 2.24) is 9.80 Å². The number of nitrogens with zero attached hydrogens (tertiary/aromatic N) is 2. The molecule has 1 fully saturated rings. The van der Waals surface area contributed by atoms with E-state index in [1.807, 2.05) is 4.90 Å². The zero-order valence-corrected chi connectivity index (χ0v) is 15.6. The van der Waals surface area contributed by atoms with Crippen LogP contribution in [0.25, 0.3) is 0 Å². The summed E-state index contributed by atoms with van der Waals surface area (Å²) in [5, 5.41) is 0. The van der Waals surface area contributed by atoms with Gasteiger partial charge in [-0.3, -0.25) is 14.5 Å². The van der Waals surface area contributed by atoms with Gasteiger partial charge in [0.1, 0.15) is 5.75 Å². The normalized spacial score (nSPS) is 14.8. The van der Waals surface area contributed by atoms with Crippen molar-refractivity contribution in [3.8, 4) is 5.75 Å². The summed E-state index contributed by atoms with van der Waals surface area (Å²) in [6, 6.07) is 15.3. The monoisotopic (exact) mass is 367 g/mol. The maximum atomic E-state index is 12.8. The van der Waals surface area contributed by atoms with Crippen LogP contribution >= 0.6 is 0 Å². The number of primary amides is 1. The standard InChI is InChI=1S/C21H25N3O3/c1-16-5-2-3-6-18(16)14-23-9-11-24(12-10-23)21(26)17-7-4-8-19(13-17)27-15-20(22)25/h2-8,13H,9-12,14-15H2,1H3,(H2,22,25). The number of hydrogen-bond acceptors (Lipinski definition) is 4. The van der Waals surface area contributed by atoms with Gasteiger partial charge in [0.2, 0.25) is 0 Å². The van der Waals surface area contributed by atoms with Gasteiger partial charge in [0.15, 0.2) is 6.61 Å². The van der Waals surface area contributed by atoms with Crippen LogP contribution in [0.4, 0.5) is 0 Å². The Morgan fingerprint density at radius 3 is 2.48 bits per heavy atom. The molecule has 0 atom stereocenters. The van der Waals surface area contributed by atoms with E-state index in [1.54, 1.807) is 24.3 Å². The van der Waals surface area contributed by atoms with Crippen LogP contribution in [0.15, 0.2) is 48.5 Å². The first-order chi connectivity index (χ1) is 13.0. The van der Waals surface area contributed by atoms with Crippen molar-refractivity contribution in [2.75, 3.05) is 32.8 Å².